The fourth-order valence-corrected chi connectivity index (χ4v) is 4.47. The zero-order chi connectivity index (χ0) is 15.1. The molecular weight excluding hydrogens is 354 g/mol. The summed E-state index contributed by atoms with van der Waals surface area (Å²) in [7, 11) is -3.99. The molecule has 1 fully saturated rings. The van der Waals surface area contributed by atoms with Gasteiger partial charge in [0.1, 0.15) is 16.5 Å². The van der Waals surface area contributed by atoms with Crippen LogP contribution < -0.4 is 5.32 Å². The average Bonchev–Trinajstić information content (AvgIpc) is 2.36. The fraction of sp³-hybridized carbons (Fsp3) is 0.500. The molecular formula is C12H15BrF2N2O2S. The summed E-state index contributed by atoms with van der Waals surface area (Å²) in [4.78, 5) is -0.508. The Kier molecular flexibility index (Phi) is 4.48. The molecule has 0 radical (unpaired) electrons. The summed E-state index contributed by atoms with van der Waals surface area (Å²) in [5.41, 5.74) is 0. The molecule has 4 nitrogen and oxygen atoms in total. The van der Waals surface area contributed by atoms with Gasteiger partial charge in [-0.15, -0.1) is 0 Å². The lowest BCUT2D eigenvalue weighted by Gasteiger charge is -2.37. The van der Waals surface area contributed by atoms with Gasteiger partial charge in [-0.05, 0) is 35.8 Å². The summed E-state index contributed by atoms with van der Waals surface area (Å²) in [6.45, 7) is 4.37. The molecule has 0 aromatic heterocycles. The monoisotopic (exact) mass is 368 g/mol. The van der Waals surface area contributed by atoms with E-state index in [2.05, 4.69) is 21.2 Å². The van der Waals surface area contributed by atoms with Crippen molar-refractivity contribution in [3.63, 3.8) is 0 Å². The second-order valence-electron chi connectivity index (χ2n) is 4.80. The first-order valence-electron chi connectivity index (χ1n) is 6.15. The second-order valence-corrected chi connectivity index (χ2v) is 7.51. The Balaban J connectivity index is 2.47. The smallest absolute Gasteiger partial charge is 0.246 e. The van der Waals surface area contributed by atoms with Crippen LogP contribution in [-0.4, -0.2) is 37.9 Å². The van der Waals surface area contributed by atoms with Crippen LogP contribution in [-0.2, 0) is 10.0 Å². The van der Waals surface area contributed by atoms with Crippen molar-refractivity contribution >= 4 is 26.0 Å². The van der Waals surface area contributed by atoms with Crippen LogP contribution in [0.1, 0.15) is 13.8 Å². The largest absolute Gasteiger partial charge is 0.311 e. The van der Waals surface area contributed by atoms with E-state index < -0.39 is 26.6 Å². The molecule has 1 saturated heterocycles. The number of rotatable bonds is 2. The molecule has 2 rings (SSSR count). The molecule has 2 unspecified atom stereocenters. The Morgan fingerprint density at radius 3 is 2.60 bits per heavy atom. The van der Waals surface area contributed by atoms with Crippen LogP contribution in [0.25, 0.3) is 0 Å². The third-order valence-electron chi connectivity index (χ3n) is 3.54. The van der Waals surface area contributed by atoms with Crippen molar-refractivity contribution in [2.75, 3.05) is 13.1 Å². The molecule has 2 atom stereocenters. The predicted molar refractivity (Wildman–Crippen MR) is 74.9 cm³/mol. The molecule has 20 heavy (non-hydrogen) atoms. The van der Waals surface area contributed by atoms with Crippen LogP contribution in [0.4, 0.5) is 8.78 Å². The first-order valence-corrected chi connectivity index (χ1v) is 8.38. The van der Waals surface area contributed by atoms with E-state index in [-0.39, 0.29) is 23.1 Å². The standard InChI is InChI=1S/C12H15BrF2N2O2S/c1-7-8(2)17(4-3-16-7)20(18,19)12-5-9(13)10(14)6-11(12)15/h5-8,16H,3-4H2,1-2H3. The maximum atomic E-state index is 13.8. The van der Waals surface area contributed by atoms with E-state index in [9.17, 15) is 17.2 Å². The topological polar surface area (TPSA) is 49.4 Å². The maximum absolute atomic E-state index is 13.8. The SMILES string of the molecule is CC1NCCN(S(=O)(=O)c2cc(Br)c(F)cc2F)C1C. The lowest BCUT2D eigenvalue weighted by molar-refractivity contribution is 0.232. The molecule has 0 amide bonds. The van der Waals surface area contributed by atoms with Gasteiger partial charge in [0.05, 0.1) is 4.47 Å². The molecule has 0 aliphatic carbocycles. The number of nitrogens with zero attached hydrogens (tertiary/aromatic N) is 1. The van der Waals surface area contributed by atoms with E-state index in [1.165, 1.54) is 4.31 Å². The highest BCUT2D eigenvalue weighted by molar-refractivity contribution is 9.10. The van der Waals surface area contributed by atoms with Gasteiger partial charge in [0, 0.05) is 31.2 Å². The van der Waals surface area contributed by atoms with Crippen molar-refractivity contribution in [2.24, 2.45) is 0 Å². The van der Waals surface area contributed by atoms with E-state index in [0.717, 1.165) is 6.07 Å². The van der Waals surface area contributed by atoms with Crippen LogP contribution in [0, 0.1) is 11.6 Å². The Morgan fingerprint density at radius 2 is 1.95 bits per heavy atom. The third-order valence-corrected chi connectivity index (χ3v) is 6.15. The maximum Gasteiger partial charge on any atom is 0.246 e. The lowest BCUT2D eigenvalue weighted by Crippen LogP contribution is -2.57. The fourth-order valence-electron chi connectivity index (χ4n) is 2.19. The number of hydrogen-bond acceptors (Lipinski definition) is 3. The summed E-state index contributed by atoms with van der Waals surface area (Å²) in [5, 5.41) is 3.15. The Bertz CT molecular complexity index is 624. The van der Waals surface area contributed by atoms with E-state index in [4.69, 9.17) is 0 Å². The minimum Gasteiger partial charge on any atom is -0.311 e. The molecule has 1 aliphatic rings. The summed E-state index contributed by atoms with van der Waals surface area (Å²) in [6, 6.07) is 1.20. The average molecular weight is 369 g/mol. The zero-order valence-corrected chi connectivity index (χ0v) is 13.4. The molecule has 0 bridgehead atoms. The first-order chi connectivity index (χ1) is 9.25. The van der Waals surface area contributed by atoms with Crippen LogP contribution in [0.15, 0.2) is 21.5 Å². The molecule has 1 heterocycles. The molecule has 1 aliphatic heterocycles. The quantitative estimate of drug-likeness (QED) is 0.813. The Labute approximate surface area is 125 Å². The third kappa shape index (κ3) is 2.74. The Morgan fingerprint density at radius 1 is 1.30 bits per heavy atom. The number of halogens is 3. The number of hydrogen-bond donors (Lipinski definition) is 1. The highest BCUT2D eigenvalue weighted by Crippen LogP contribution is 2.28. The molecule has 1 N–H and O–H groups in total. The summed E-state index contributed by atoms with van der Waals surface area (Å²) in [6.07, 6.45) is 0. The molecule has 0 saturated carbocycles. The van der Waals surface area contributed by atoms with Gasteiger partial charge in [-0.3, -0.25) is 0 Å². The normalized spacial score (nSPS) is 24.9. The minimum atomic E-state index is -3.99. The lowest BCUT2D eigenvalue weighted by atomic mass is 10.1. The van der Waals surface area contributed by atoms with Crippen molar-refractivity contribution in [1.82, 2.24) is 9.62 Å². The molecule has 112 valence electrons. The van der Waals surface area contributed by atoms with Crippen LogP contribution in [0.3, 0.4) is 0 Å². The van der Waals surface area contributed by atoms with Gasteiger partial charge in [0.15, 0.2) is 0 Å². The number of nitrogens with one attached hydrogen (secondary N) is 1. The summed E-state index contributed by atoms with van der Waals surface area (Å²) < 4.78 is 53.3. The van der Waals surface area contributed by atoms with Crippen molar-refractivity contribution in [1.29, 1.82) is 0 Å². The van der Waals surface area contributed by atoms with Gasteiger partial charge in [-0.2, -0.15) is 4.31 Å². The Hall–Kier alpha value is -0.570. The zero-order valence-electron chi connectivity index (χ0n) is 11.0. The van der Waals surface area contributed by atoms with E-state index in [0.29, 0.717) is 12.6 Å². The van der Waals surface area contributed by atoms with Gasteiger partial charge in [0.25, 0.3) is 0 Å². The summed E-state index contributed by atoms with van der Waals surface area (Å²) in [5.74, 6) is -1.91. The van der Waals surface area contributed by atoms with E-state index in [1.54, 1.807) is 6.92 Å². The minimum absolute atomic E-state index is 0.0366. The van der Waals surface area contributed by atoms with Crippen molar-refractivity contribution in [3.05, 3.63) is 28.2 Å². The van der Waals surface area contributed by atoms with Crippen molar-refractivity contribution < 1.29 is 17.2 Å². The van der Waals surface area contributed by atoms with Crippen LogP contribution >= 0.6 is 15.9 Å². The highest BCUT2D eigenvalue weighted by atomic mass is 79.9. The summed E-state index contributed by atoms with van der Waals surface area (Å²) >= 11 is 2.89. The molecule has 8 heteroatoms. The van der Waals surface area contributed by atoms with Gasteiger partial charge in [-0.1, -0.05) is 0 Å². The van der Waals surface area contributed by atoms with Crippen LogP contribution in [0.2, 0.25) is 0 Å². The predicted octanol–water partition coefficient (Wildman–Crippen LogP) is 2.10. The van der Waals surface area contributed by atoms with Crippen molar-refractivity contribution in [2.45, 2.75) is 30.8 Å². The van der Waals surface area contributed by atoms with Gasteiger partial charge >= 0.3 is 0 Å². The van der Waals surface area contributed by atoms with E-state index >= 15 is 0 Å². The second kappa shape index (κ2) is 5.67. The molecule has 0 spiro atoms. The van der Waals surface area contributed by atoms with Crippen LogP contribution in [0.5, 0.6) is 0 Å². The molecule has 1 aromatic rings. The highest BCUT2D eigenvalue weighted by Gasteiger charge is 2.36. The number of sulfonamides is 1. The number of piperazine rings is 1. The van der Waals surface area contributed by atoms with Crippen molar-refractivity contribution in [3.8, 4) is 0 Å². The molecule has 1 aromatic carbocycles. The van der Waals surface area contributed by atoms with Gasteiger partial charge < -0.3 is 5.32 Å². The first kappa shape index (κ1) is 15.8. The van der Waals surface area contributed by atoms with Gasteiger partial charge in [0.2, 0.25) is 10.0 Å². The van der Waals surface area contributed by atoms with E-state index in [1.807, 2.05) is 6.92 Å². The van der Waals surface area contributed by atoms with Gasteiger partial charge in [-0.25, -0.2) is 17.2 Å². The number of benzene rings is 1.